The van der Waals surface area contributed by atoms with Crippen LogP contribution < -0.4 is 14.8 Å². The van der Waals surface area contributed by atoms with E-state index in [9.17, 15) is 14.7 Å². The van der Waals surface area contributed by atoms with Gasteiger partial charge in [0.05, 0.1) is 25.5 Å². The quantitative estimate of drug-likeness (QED) is 0.822. The maximum atomic E-state index is 12.6. The molecule has 0 spiro atoms. The average molecular weight is 361 g/mol. The van der Waals surface area contributed by atoms with E-state index in [1.807, 2.05) is 12.3 Å². The van der Waals surface area contributed by atoms with Crippen LogP contribution in [0.5, 0.6) is 11.5 Å². The van der Waals surface area contributed by atoms with Crippen molar-refractivity contribution in [1.29, 1.82) is 0 Å². The lowest BCUT2D eigenvalue weighted by atomic mass is 10.1. The second-order valence-corrected chi connectivity index (χ2v) is 6.92. The highest BCUT2D eigenvalue weighted by molar-refractivity contribution is 7.10. The Kier molecular flexibility index (Phi) is 4.67. The van der Waals surface area contributed by atoms with Crippen molar-refractivity contribution in [2.75, 3.05) is 19.5 Å². The Bertz CT molecular complexity index is 829. The zero-order valence-corrected chi connectivity index (χ0v) is 15.0. The van der Waals surface area contributed by atoms with E-state index < -0.39 is 5.97 Å². The maximum Gasteiger partial charge on any atom is 0.335 e. The molecule has 1 aromatic carbocycles. The van der Waals surface area contributed by atoms with E-state index in [1.165, 1.54) is 36.8 Å². The molecule has 7 heteroatoms. The maximum absolute atomic E-state index is 12.6. The highest BCUT2D eigenvalue weighted by Crippen LogP contribution is 2.51. The van der Waals surface area contributed by atoms with Crippen LogP contribution >= 0.6 is 11.3 Å². The average Bonchev–Trinajstić information content (AvgIpc) is 3.27. The fourth-order valence-corrected chi connectivity index (χ4v) is 4.05. The van der Waals surface area contributed by atoms with E-state index in [0.717, 1.165) is 6.42 Å². The summed E-state index contributed by atoms with van der Waals surface area (Å²) in [6.07, 6.45) is 0.797. The summed E-state index contributed by atoms with van der Waals surface area (Å²) < 4.78 is 10.5. The van der Waals surface area contributed by atoms with Crippen LogP contribution in [0.15, 0.2) is 23.6 Å². The molecule has 25 heavy (non-hydrogen) atoms. The lowest BCUT2D eigenvalue weighted by Crippen LogP contribution is -2.16. The summed E-state index contributed by atoms with van der Waals surface area (Å²) in [4.78, 5) is 25.1. The predicted molar refractivity (Wildman–Crippen MR) is 95.0 cm³/mol. The van der Waals surface area contributed by atoms with Gasteiger partial charge in [-0.15, -0.1) is 11.3 Å². The number of carbonyl (C=O) groups is 2. The van der Waals surface area contributed by atoms with Gasteiger partial charge in [0.25, 0.3) is 0 Å². The van der Waals surface area contributed by atoms with Gasteiger partial charge >= 0.3 is 5.97 Å². The number of hydrogen-bond donors (Lipinski definition) is 2. The van der Waals surface area contributed by atoms with Crippen LogP contribution in [-0.2, 0) is 4.79 Å². The Balaban J connectivity index is 1.83. The minimum absolute atomic E-state index is 0.0226. The third-order valence-electron chi connectivity index (χ3n) is 4.35. The number of rotatable bonds is 6. The summed E-state index contributed by atoms with van der Waals surface area (Å²) in [7, 11) is 2.87. The van der Waals surface area contributed by atoms with Crippen molar-refractivity contribution < 1.29 is 24.2 Å². The van der Waals surface area contributed by atoms with E-state index in [4.69, 9.17) is 9.47 Å². The van der Waals surface area contributed by atoms with Crippen molar-refractivity contribution in [3.63, 3.8) is 0 Å². The van der Waals surface area contributed by atoms with Crippen molar-refractivity contribution in [2.24, 2.45) is 5.92 Å². The number of ether oxygens (including phenoxy) is 2. The second-order valence-electron chi connectivity index (χ2n) is 5.97. The number of carboxylic acids is 1. The molecule has 0 saturated heterocycles. The molecule has 0 radical (unpaired) electrons. The highest BCUT2D eigenvalue weighted by atomic mass is 32.1. The molecule has 1 saturated carbocycles. The van der Waals surface area contributed by atoms with E-state index in [0.29, 0.717) is 11.4 Å². The van der Waals surface area contributed by atoms with Crippen molar-refractivity contribution >= 4 is 28.9 Å². The van der Waals surface area contributed by atoms with Crippen molar-refractivity contribution in [2.45, 2.75) is 19.3 Å². The number of methoxy groups -OCH3 is 2. The molecule has 6 nitrogen and oxygen atoms in total. The molecular formula is C18H19NO5S. The van der Waals surface area contributed by atoms with Crippen molar-refractivity contribution in [3.05, 3.63) is 39.6 Å². The first-order valence-corrected chi connectivity index (χ1v) is 8.68. The summed E-state index contributed by atoms with van der Waals surface area (Å²) in [5, 5.41) is 14.1. The summed E-state index contributed by atoms with van der Waals surface area (Å²) in [5.74, 6) is -0.544. The molecular weight excluding hydrogens is 342 g/mol. The number of carboxylic acid groups (broad SMARTS) is 1. The summed E-state index contributed by atoms with van der Waals surface area (Å²) >= 11 is 1.67. The molecule has 2 aromatic rings. The lowest BCUT2D eigenvalue weighted by molar-refractivity contribution is -0.117. The van der Waals surface area contributed by atoms with Crippen LogP contribution in [0.3, 0.4) is 0 Å². The summed E-state index contributed by atoms with van der Waals surface area (Å²) in [6.45, 7) is 2.04. The lowest BCUT2D eigenvalue weighted by Gasteiger charge is -2.15. The Morgan fingerprint density at radius 1 is 1.28 bits per heavy atom. The van der Waals surface area contributed by atoms with Gasteiger partial charge in [0.15, 0.2) is 11.5 Å². The number of carbonyl (C=O) groups excluding carboxylic acids is 1. The second kappa shape index (κ2) is 6.76. The molecule has 1 heterocycles. The number of aryl methyl sites for hydroxylation is 1. The molecule has 2 atom stereocenters. The number of anilines is 1. The topological polar surface area (TPSA) is 84.9 Å². The minimum atomic E-state index is -1.10. The van der Waals surface area contributed by atoms with Crippen LogP contribution in [0.2, 0.25) is 0 Å². The fraction of sp³-hybridized carbons (Fsp3) is 0.333. The molecule has 1 aliphatic carbocycles. The molecule has 3 rings (SSSR count). The fourth-order valence-electron chi connectivity index (χ4n) is 2.94. The summed E-state index contributed by atoms with van der Waals surface area (Å²) in [6, 6.07) is 4.80. The zero-order chi connectivity index (χ0) is 18.1. The van der Waals surface area contributed by atoms with E-state index >= 15 is 0 Å². The Labute approximate surface area is 149 Å². The van der Waals surface area contributed by atoms with Crippen LogP contribution in [0.25, 0.3) is 0 Å². The summed E-state index contributed by atoms with van der Waals surface area (Å²) in [5.41, 5.74) is 1.53. The Morgan fingerprint density at radius 3 is 2.60 bits per heavy atom. The van der Waals surface area contributed by atoms with Crippen LogP contribution in [0.4, 0.5) is 5.69 Å². The third-order valence-corrected chi connectivity index (χ3v) is 5.50. The molecule has 2 unspecified atom stereocenters. The first kappa shape index (κ1) is 17.3. The van der Waals surface area contributed by atoms with E-state index in [2.05, 4.69) is 11.4 Å². The van der Waals surface area contributed by atoms with E-state index in [-0.39, 0.29) is 29.1 Å². The van der Waals surface area contributed by atoms with Gasteiger partial charge in [-0.05, 0) is 42.5 Å². The minimum Gasteiger partial charge on any atom is -0.493 e. The van der Waals surface area contributed by atoms with Gasteiger partial charge in [-0.25, -0.2) is 4.79 Å². The van der Waals surface area contributed by atoms with E-state index in [1.54, 1.807) is 11.3 Å². The van der Waals surface area contributed by atoms with Gasteiger partial charge in [0.1, 0.15) is 0 Å². The first-order chi connectivity index (χ1) is 12.0. The highest BCUT2D eigenvalue weighted by Gasteiger charge is 2.45. The molecule has 0 aliphatic heterocycles. The van der Waals surface area contributed by atoms with Crippen molar-refractivity contribution in [3.8, 4) is 11.5 Å². The molecule has 1 fully saturated rings. The normalized spacial score (nSPS) is 18.5. The van der Waals surface area contributed by atoms with Crippen LogP contribution in [0.1, 0.15) is 33.1 Å². The van der Waals surface area contributed by atoms with Gasteiger partial charge in [-0.2, -0.15) is 0 Å². The first-order valence-electron chi connectivity index (χ1n) is 7.80. The predicted octanol–water partition coefficient (Wildman–Crippen LogP) is 3.51. The zero-order valence-electron chi connectivity index (χ0n) is 14.2. The van der Waals surface area contributed by atoms with Gasteiger partial charge in [-0.1, -0.05) is 0 Å². The molecule has 0 bridgehead atoms. The Hall–Kier alpha value is -2.54. The van der Waals surface area contributed by atoms with Gasteiger partial charge in [0.2, 0.25) is 5.91 Å². The SMILES string of the molecule is COc1cc(C(=O)O)cc(NC(=O)C2CC2c2sccc2C)c1OC. The third kappa shape index (κ3) is 3.32. The van der Waals surface area contributed by atoms with Crippen molar-refractivity contribution in [1.82, 2.24) is 0 Å². The number of nitrogens with one attached hydrogen (secondary N) is 1. The molecule has 1 amide bonds. The number of thiophene rings is 1. The molecule has 132 valence electrons. The van der Waals surface area contributed by atoms with Gasteiger partial charge < -0.3 is 19.9 Å². The smallest absolute Gasteiger partial charge is 0.335 e. The number of benzene rings is 1. The Morgan fingerprint density at radius 2 is 2.04 bits per heavy atom. The largest absolute Gasteiger partial charge is 0.493 e. The van der Waals surface area contributed by atoms with Crippen LogP contribution in [0, 0.1) is 12.8 Å². The standard InChI is InChI=1S/C18H19NO5S/c1-9-4-5-25-16(9)11-8-12(11)17(20)19-13-6-10(18(21)22)7-14(23-2)15(13)24-3/h4-7,11-12H,8H2,1-3H3,(H,19,20)(H,21,22). The van der Waals surface area contributed by atoms with Gasteiger partial charge in [0, 0.05) is 16.7 Å². The number of aromatic carboxylic acids is 1. The van der Waals surface area contributed by atoms with Crippen LogP contribution in [-0.4, -0.2) is 31.2 Å². The number of amides is 1. The number of hydrogen-bond acceptors (Lipinski definition) is 5. The molecule has 1 aromatic heterocycles. The molecule has 1 aliphatic rings. The molecule has 2 N–H and O–H groups in total. The van der Waals surface area contributed by atoms with Gasteiger partial charge in [-0.3, -0.25) is 4.79 Å². The monoisotopic (exact) mass is 361 g/mol.